The van der Waals surface area contributed by atoms with E-state index in [9.17, 15) is 0 Å². The molecule has 0 spiro atoms. The van der Waals surface area contributed by atoms with Crippen molar-refractivity contribution in [3.8, 4) is 0 Å². The normalized spacial score (nSPS) is 11.8. The van der Waals surface area contributed by atoms with E-state index in [1.165, 1.54) is 24.0 Å². The lowest BCUT2D eigenvalue weighted by Crippen LogP contribution is -2.39. The second kappa shape index (κ2) is 10.7. The van der Waals surface area contributed by atoms with Crippen molar-refractivity contribution < 1.29 is 4.42 Å². The Morgan fingerprint density at radius 2 is 1.85 bits per heavy atom. The Kier molecular flexibility index (Phi) is 8.22. The van der Waals surface area contributed by atoms with E-state index in [1.54, 1.807) is 6.26 Å². The number of guanidine groups is 1. The van der Waals surface area contributed by atoms with Crippen molar-refractivity contribution in [2.45, 2.75) is 39.4 Å². The van der Waals surface area contributed by atoms with Gasteiger partial charge in [-0.15, -0.1) is 0 Å². The Morgan fingerprint density at radius 3 is 2.50 bits per heavy atom. The van der Waals surface area contributed by atoms with E-state index in [1.807, 2.05) is 19.2 Å². The topological polar surface area (TPSA) is 44.0 Å². The number of benzene rings is 1. The van der Waals surface area contributed by atoms with Crippen LogP contribution in [0.4, 0.5) is 0 Å². The molecule has 26 heavy (non-hydrogen) atoms. The fraction of sp³-hybridized carbons (Fsp3) is 0.476. The molecular weight excluding hydrogens is 324 g/mol. The number of nitrogens with zero attached hydrogens (tertiary/aromatic N) is 3. The summed E-state index contributed by atoms with van der Waals surface area (Å²) in [5.41, 5.74) is 2.62. The zero-order chi connectivity index (χ0) is 18.8. The zero-order valence-electron chi connectivity index (χ0n) is 16.5. The summed E-state index contributed by atoms with van der Waals surface area (Å²) in [6.07, 6.45) is 4.08. The van der Waals surface area contributed by atoms with Crippen LogP contribution in [0.5, 0.6) is 0 Å². The Morgan fingerprint density at radius 1 is 1.08 bits per heavy atom. The largest absolute Gasteiger partial charge is 0.468 e. The van der Waals surface area contributed by atoms with Crippen LogP contribution < -0.4 is 5.32 Å². The van der Waals surface area contributed by atoms with Crippen LogP contribution in [0.1, 0.15) is 36.7 Å². The highest BCUT2D eigenvalue weighted by atomic mass is 16.3. The lowest BCUT2D eigenvalue weighted by atomic mass is 10.1. The fourth-order valence-electron chi connectivity index (χ4n) is 2.96. The lowest BCUT2D eigenvalue weighted by Gasteiger charge is -2.23. The van der Waals surface area contributed by atoms with E-state index >= 15 is 0 Å². The highest BCUT2D eigenvalue weighted by molar-refractivity contribution is 5.79. The maximum atomic E-state index is 5.45. The first kappa shape index (κ1) is 20.0. The van der Waals surface area contributed by atoms with Crippen molar-refractivity contribution >= 4 is 5.96 Å². The molecule has 0 fully saturated rings. The molecule has 142 valence electrons. The Balaban J connectivity index is 1.95. The van der Waals surface area contributed by atoms with Gasteiger partial charge in [-0.05, 0) is 36.7 Å². The minimum atomic E-state index is 0.772. The van der Waals surface area contributed by atoms with Crippen LogP contribution in [0.2, 0.25) is 0 Å². The number of hydrogen-bond donors (Lipinski definition) is 1. The highest BCUT2D eigenvalue weighted by Crippen LogP contribution is 2.13. The molecule has 0 atom stereocenters. The van der Waals surface area contributed by atoms with Crippen molar-refractivity contribution in [1.82, 2.24) is 15.1 Å². The Hall–Kier alpha value is -2.27. The fourth-order valence-corrected chi connectivity index (χ4v) is 2.96. The summed E-state index contributed by atoms with van der Waals surface area (Å²) < 4.78 is 5.45. The summed E-state index contributed by atoms with van der Waals surface area (Å²) in [7, 11) is 6.05. The molecule has 0 unspecified atom stereocenters. The van der Waals surface area contributed by atoms with E-state index in [0.29, 0.717) is 0 Å². The van der Waals surface area contributed by atoms with Gasteiger partial charge >= 0.3 is 0 Å². The quantitative estimate of drug-likeness (QED) is 0.549. The first-order chi connectivity index (χ1) is 12.6. The lowest BCUT2D eigenvalue weighted by molar-refractivity contribution is 0.287. The first-order valence-electron chi connectivity index (χ1n) is 9.33. The molecule has 0 radical (unpaired) electrons. The van der Waals surface area contributed by atoms with Crippen LogP contribution >= 0.6 is 0 Å². The third-order valence-corrected chi connectivity index (χ3v) is 4.42. The van der Waals surface area contributed by atoms with Crippen molar-refractivity contribution in [2.75, 3.05) is 27.7 Å². The van der Waals surface area contributed by atoms with Gasteiger partial charge in [-0.1, -0.05) is 37.6 Å². The summed E-state index contributed by atoms with van der Waals surface area (Å²) >= 11 is 0. The van der Waals surface area contributed by atoms with E-state index in [2.05, 4.69) is 65.4 Å². The molecule has 0 aliphatic carbocycles. The maximum Gasteiger partial charge on any atom is 0.193 e. The van der Waals surface area contributed by atoms with Crippen LogP contribution in [0.3, 0.4) is 0 Å². The van der Waals surface area contributed by atoms with Crippen molar-refractivity contribution in [1.29, 1.82) is 0 Å². The van der Waals surface area contributed by atoms with Gasteiger partial charge in [0.1, 0.15) is 5.76 Å². The number of hydrogen-bond acceptors (Lipinski definition) is 3. The summed E-state index contributed by atoms with van der Waals surface area (Å²) in [5.74, 6) is 1.93. The molecule has 2 aromatic rings. The second-order valence-electron chi connectivity index (χ2n) is 6.70. The van der Waals surface area contributed by atoms with Gasteiger partial charge in [0, 0.05) is 33.7 Å². The summed E-state index contributed by atoms with van der Waals surface area (Å²) in [4.78, 5) is 8.86. The predicted octanol–water partition coefficient (Wildman–Crippen LogP) is 3.72. The molecule has 0 saturated carbocycles. The van der Waals surface area contributed by atoms with E-state index in [0.717, 1.165) is 37.9 Å². The van der Waals surface area contributed by atoms with Gasteiger partial charge in [0.2, 0.25) is 0 Å². The molecule has 0 saturated heterocycles. The van der Waals surface area contributed by atoms with E-state index < -0.39 is 0 Å². The third kappa shape index (κ3) is 6.23. The SMILES string of the molecule is CCCCN(C)C(=NC)NCc1ccccc1CN(C)Cc1ccco1. The van der Waals surface area contributed by atoms with Crippen molar-refractivity contribution in [2.24, 2.45) is 4.99 Å². The van der Waals surface area contributed by atoms with Crippen molar-refractivity contribution in [3.63, 3.8) is 0 Å². The molecule has 1 aromatic carbocycles. The van der Waals surface area contributed by atoms with Crippen LogP contribution in [0.25, 0.3) is 0 Å². The van der Waals surface area contributed by atoms with Crippen LogP contribution in [0.15, 0.2) is 52.1 Å². The Labute approximate surface area is 157 Å². The third-order valence-electron chi connectivity index (χ3n) is 4.42. The van der Waals surface area contributed by atoms with Gasteiger partial charge in [0.25, 0.3) is 0 Å². The first-order valence-corrected chi connectivity index (χ1v) is 9.33. The van der Waals surface area contributed by atoms with E-state index in [-0.39, 0.29) is 0 Å². The smallest absolute Gasteiger partial charge is 0.193 e. The minimum Gasteiger partial charge on any atom is -0.468 e. The number of furan rings is 1. The zero-order valence-corrected chi connectivity index (χ0v) is 16.5. The maximum absolute atomic E-state index is 5.45. The highest BCUT2D eigenvalue weighted by Gasteiger charge is 2.09. The summed E-state index contributed by atoms with van der Waals surface area (Å²) in [6.45, 7) is 5.68. The number of nitrogens with one attached hydrogen (secondary N) is 1. The average molecular weight is 357 g/mol. The number of unbranched alkanes of at least 4 members (excludes halogenated alkanes) is 1. The molecule has 0 aliphatic rings. The van der Waals surface area contributed by atoms with Gasteiger partial charge < -0.3 is 14.6 Å². The summed E-state index contributed by atoms with van der Waals surface area (Å²) in [5, 5.41) is 3.49. The number of rotatable bonds is 9. The van der Waals surface area contributed by atoms with Crippen LogP contribution in [-0.4, -0.2) is 43.4 Å². The van der Waals surface area contributed by atoms with Crippen molar-refractivity contribution in [3.05, 3.63) is 59.5 Å². The molecule has 1 aromatic heterocycles. The predicted molar refractivity (Wildman–Crippen MR) is 108 cm³/mol. The molecule has 0 bridgehead atoms. The molecule has 2 rings (SSSR count). The molecule has 1 N–H and O–H groups in total. The Bertz CT molecular complexity index is 666. The summed E-state index contributed by atoms with van der Waals surface area (Å²) in [6, 6.07) is 12.5. The molecule has 0 amide bonds. The standard InChI is InChI=1S/C21H32N4O/c1-5-6-13-25(4)21(22-2)23-15-18-10-7-8-11-19(18)16-24(3)17-20-12-9-14-26-20/h7-12,14H,5-6,13,15-17H2,1-4H3,(H,22,23). The van der Waals surface area contributed by atoms with Crippen LogP contribution in [0, 0.1) is 0 Å². The second-order valence-corrected chi connectivity index (χ2v) is 6.70. The molecule has 5 heteroatoms. The monoisotopic (exact) mass is 356 g/mol. The molecule has 0 aliphatic heterocycles. The van der Waals surface area contributed by atoms with Gasteiger partial charge in [-0.2, -0.15) is 0 Å². The van der Waals surface area contributed by atoms with Crippen LogP contribution in [-0.2, 0) is 19.6 Å². The molecular formula is C21H32N4O. The number of aliphatic imine (C=N–C) groups is 1. The van der Waals surface area contributed by atoms with E-state index in [4.69, 9.17) is 4.42 Å². The minimum absolute atomic E-state index is 0.772. The van der Waals surface area contributed by atoms with Gasteiger partial charge in [0.05, 0.1) is 12.8 Å². The average Bonchev–Trinajstić information content (AvgIpc) is 3.14. The van der Waals surface area contributed by atoms with Gasteiger partial charge in [-0.25, -0.2) is 0 Å². The van der Waals surface area contributed by atoms with Gasteiger partial charge in [-0.3, -0.25) is 9.89 Å². The molecule has 5 nitrogen and oxygen atoms in total. The van der Waals surface area contributed by atoms with Gasteiger partial charge in [0.15, 0.2) is 5.96 Å². The molecule has 1 heterocycles.